The van der Waals surface area contributed by atoms with Crippen molar-refractivity contribution in [2.45, 2.75) is 0 Å². The molecule has 1 aromatic heterocycles. The largest absolute Gasteiger partial charge is 0.305 e. The highest BCUT2D eigenvalue weighted by molar-refractivity contribution is 6.08. The number of H-pyrrole nitrogens is 1. The summed E-state index contributed by atoms with van der Waals surface area (Å²) in [7, 11) is 0. The molecule has 140 valence electrons. The number of hydrogen-bond donors (Lipinski definition) is 2. The molecule has 28 heavy (non-hydrogen) atoms. The molecule has 4 nitrogen and oxygen atoms in total. The standard InChI is InChI=1S/C20H11F4N3O/c21-12-3-5-13(16(23)9-12)10-1-4-14-18(8-10)26-27-19(14)25-20(28)11-2-6-15(22)17(24)7-11/h1-9H,(H2,25,26,27,28). The monoisotopic (exact) mass is 385 g/mol. The summed E-state index contributed by atoms with van der Waals surface area (Å²) >= 11 is 0. The molecule has 0 bridgehead atoms. The summed E-state index contributed by atoms with van der Waals surface area (Å²) in [5.41, 5.74) is 1.14. The van der Waals surface area contributed by atoms with Gasteiger partial charge in [-0.15, -0.1) is 0 Å². The number of amides is 1. The summed E-state index contributed by atoms with van der Waals surface area (Å²) in [5.74, 6) is -4.05. The van der Waals surface area contributed by atoms with E-state index in [2.05, 4.69) is 15.5 Å². The topological polar surface area (TPSA) is 57.8 Å². The Morgan fingerprint density at radius 1 is 0.857 bits per heavy atom. The summed E-state index contributed by atoms with van der Waals surface area (Å²) in [6.07, 6.45) is 0. The molecular weight excluding hydrogens is 374 g/mol. The number of carbonyl (C=O) groups excluding carboxylic acids is 1. The van der Waals surface area contributed by atoms with Gasteiger partial charge in [-0.25, -0.2) is 17.6 Å². The summed E-state index contributed by atoms with van der Waals surface area (Å²) in [5, 5.41) is 9.75. The molecule has 0 radical (unpaired) electrons. The van der Waals surface area contributed by atoms with E-state index in [9.17, 15) is 22.4 Å². The zero-order valence-electron chi connectivity index (χ0n) is 14.1. The Balaban J connectivity index is 1.64. The summed E-state index contributed by atoms with van der Waals surface area (Å²) < 4.78 is 53.4. The molecule has 0 fully saturated rings. The number of carbonyl (C=O) groups is 1. The van der Waals surface area contributed by atoms with Crippen LogP contribution in [0.1, 0.15) is 10.4 Å². The number of rotatable bonds is 3. The molecule has 4 aromatic rings. The lowest BCUT2D eigenvalue weighted by Crippen LogP contribution is -2.13. The molecule has 1 amide bonds. The van der Waals surface area contributed by atoms with Gasteiger partial charge in [-0.3, -0.25) is 9.89 Å². The first kappa shape index (κ1) is 17.7. The number of nitrogens with zero attached hydrogens (tertiary/aromatic N) is 1. The average molecular weight is 385 g/mol. The first-order valence-corrected chi connectivity index (χ1v) is 8.12. The van der Waals surface area contributed by atoms with E-state index < -0.39 is 29.2 Å². The van der Waals surface area contributed by atoms with Crippen molar-refractivity contribution in [1.82, 2.24) is 10.2 Å². The van der Waals surface area contributed by atoms with E-state index in [1.807, 2.05) is 0 Å². The van der Waals surface area contributed by atoms with Crippen molar-refractivity contribution < 1.29 is 22.4 Å². The highest BCUT2D eigenvalue weighted by Crippen LogP contribution is 2.29. The van der Waals surface area contributed by atoms with Crippen LogP contribution >= 0.6 is 0 Å². The van der Waals surface area contributed by atoms with Gasteiger partial charge in [0.2, 0.25) is 0 Å². The third kappa shape index (κ3) is 3.20. The van der Waals surface area contributed by atoms with Crippen LogP contribution in [-0.4, -0.2) is 16.1 Å². The second-order valence-electron chi connectivity index (χ2n) is 6.04. The molecule has 2 N–H and O–H groups in total. The van der Waals surface area contributed by atoms with E-state index in [1.54, 1.807) is 18.2 Å². The predicted octanol–water partition coefficient (Wildman–Crippen LogP) is 5.04. The highest BCUT2D eigenvalue weighted by Gasteiger charge is 2.15. The Morgan fingerprint density at radius 2 is 1.68 bits per heavy atom. The first-order valence-electron chi connectivity index (χ1n) is 8.12. The minimum absolute atomic E-state index is 0.0694. The van der Waals surface area contributed by atoms with Crippen molar-refractivity contribution in [3.8, 4) is 11.1 Å². The number of aromatic nitrogens is 2. The van der Waals surface area contributed by atoms with Crippen LogP contribution in [-0.2, 0) is 0 Å². The van der Waals surface area contributed by atoms with Crippen LogP contribution in [0, 0.1) is 23.3 Å². The zero-order chi connectivity index (χ0) is 19.8. The van der Waals surface area contributed by atoms with Crippen LogP contribution in [0.25, 0.3) is 22.0 Å². The lowest BCUT2D eigenvalue weighted by Gasteiger charge is -2.05. The van der Waals surface area contributed by atoms with Gasteiger partial charge in [0.15, 0.2) is 17.5 Å². The normalized spacial score (nSPS) is 11.0. The van der Waals surface area contributed by atoms with Gasteiger partial charge in [0.1, 0.15) is 11.6 Å². The van der Waals surface area contributed by atoms with Crippen LogP contribution < -0.4 is 5.32 Å². The van der Waals surface area contributed by atoms with E-state index in [-0.39, 0.29) is 16.9 Å². The first-order chi connectivity index (χ1) is 13.4. The van der Waals surface area contributed by atoms with E-state index in [0.29, 0.717) is 16.5 Å². The fourth-order valence-corrected chi connectivity index (χ4v) is 2.82. The fraction of sp³-hybridized carbons (Fsp3) is 0. The van der Waals surface area contributed by atoms with Crippen LogP contribution in [0.15, 0.2) is 54.6 Å². The van der Waals surface area contributed by atoms with Crippen molar-refractivity contribution in [3.63, 3.8) is 0 Å². The third-order valence-electron chi connectivity index (χ3n) is 4.22. The fourth-order valence-electron chi connectivity index (χ4n) is 2.82. The minimum atomic E-state index is -1.13. The number of benzene rings is 3. The molecular formula is C20H11F4N3O. The predicted molar refractivity (Wildman–Crippen MR) is 95.8 cm³/mol. The second kappa shape index (κ2) is 6.80. The maximum absolute atomic E-state index is 14.0. The van der Waals surface area contributed by atoms with Crippen molar-refractivity contribution in [2.75, 3.05) is 5.32 Å². The van der Waals surface area contributed by atoms with Gasteiger partial charge >= 0.3 is 0 Å². The molecule has 0 atom stereocenters. The number of halogens is 4. The van der Waals surface area contributed by atoms with E-state index in [0.717, 1.165) is 30.3 Å². The Hall–Kier alpha value is -3.68. The van der Waals surface area contributed by atoms with E-state index in [4.69, 9.17) is 0 Å². The van der Waals surface area contributed by atoms with Crippen LogP contribution in [0.4, 0.5) is 23.4 Å². The molecule has 1 heterocycles. The van der Waals surface area contributed by atoms with Crippen LogP contribution in [0.2, 0.25) is 0 Å². The SMILES string of the molecule is O=C(Nc1n[nH]c2cc(-c3ccc(F)cc3F)ccc12)c1ccc(F)c(F)c1. The summed E-state index contributed by atoms with van der Waals surface area (Å²) in [6.45, 7) is 0. The Labute approximate surface area is 155 Å². The second-order valence-corrected chi connectivity index (χ2v) is 6.04. The smallest absolute Gasteiger partial charge is 0.256 e. The van der Waals surface area contributed by atoms with Crippen molar-refractivity contribution in [3.05, 3.63) is 83.4 Å². The molecule has 0 spiro atoms. The van der Waals surface area contributed by atoms with Crippen molar-refractivity contribution in [2.24, 2.45) is 0 Å². The number of aromatic amines is 1. The molecule has 0 saturated carbocycles. The Morgan fingerprint density at radius 3 is 2.43 bits per heavy atom. The number of hydrogen-bond acceptors (Lipinski definition) is 2. The number of fused-ring (bicyclic) bond motifs is 1. The molecule has 4 rings (SSSR count). The van der Waals surface area contributed by atoms with Gasteiger partial charge in [-0.2, -0.15) is 5.10 Å². The van der Waals surface area contributed by atoms with Crippen molar-refractivity contribution >= 4 is 22.6 Å². The van der Waals surface area contributed by atoms with Crippen LogP contribution in [0.5, 0.6) is 0 Å². The highest BCUT2D eigenvalue weighted by atomic mass is 19.2. The minimum Gasteiger partial charge on any atom is -0.305 e. The molecule has 0 unspecified atom stereocenters. The Kier molecular flexibility index (Phi) is 4.31. The van der Waals surface area contributed by atoms with E-state index in [1.165, 1.54) is 6.07 Å². The number of nitrogens with one attached hydrogen (secondary N) is 2. The maximum Gasteiger partial charge on any atom is 0.256 e. The van der Waals surface area contributed by atoms with Gasteiger partial charge in [0.25, 0.3) is 5.91 Å². The molecule has 0 aliphatic carbocycles. The van der Waals surface area contributed by atoms with Gasteiger partial charge < -0.3 is 5.32 Å². The van der Waals surface area contributed by atoms with Crippen molar-refractivity contribution in [1.29, 1.82) is 0 Å². The quantitative estimate of drug-likeness (QED) is 0.486. The molecule has 0 saturated heterocycles. The average Bonchev–Trinajstić information content (AvgIpc) is 3.06. The van der Waals surface area contributed by atoms with Gasteiger partial charge in [-0.05, 0) is 48.0 Å². The van der Waals surface area contributed by atoms with E-state index >= 15 is 0 Å². The Bertz CT molecular complexity index is 1220. The van der Waals surface area contributed by atoms with Gasteiger partial charge in [0.05, 0.1) is 5.52 Å². The zero-order valence-corrected chi connectivity index (χ0v) is 14.1. The maximum atomic E-state index is 14.0. The summed E-state index contributed by atoms with van der Waals surface area (Å²) in [4.78, 5) is 12.2. The molecule has 0 aliphatic heterocycles. The molecule has 0 aliphatic rings. The third-order valence-corrected chi connectivity index (χ3v) is 4.22. The lowest BCUT2D eigenvalue weighted by molar-refractivity contribution is 0.102. The van der Waals surface area contributed by atoms with Gasteiger partial charge in [0, 0.05) is 22.6 Å². The lowest BCUT2D eigenvalue weighted by atomic mass is 10.0. The molecule has 3 aromatic carbocycles. The van der Waals surface area contributed by atoms with Gasteiger partial charge in [-0.1, -0.05) is 6.07 Å². The molecule has 8 heteroatoms. The van der Waals surface area contributed by atoms with Crippen LogP contribution in [0.3, 0.4) is 0 Å². The number of anilines is 1. The summed E-state index contributed by atoms with van der Waals surface area (Å²) in [6, 6.07) is 10.9.